The van der Waals surface area contributed by atoms with E-state index in [9.17, 15) is 4.79 Å². The van der Waals surface area contributed by atoms with Crippen LogP contribution in [0, 0.1) is 13.8 Å². The third-order valence-corrected chi connectivity index (χ3v) is 5.71. The van der Waals surface area contributed by atoms with Crippen molar-refractivity contribution in [2.45, 2.75) is 33.1 Å². The summed E-state index contributed by atoms with van der Waals surface area (Å²) in [5.41, 5.74) is 5.67. The molecule has 1 fully saturated rings. The summed E-state index contributed by atoms with van der Waals surface area (Å²) < 4.78 is 21.7. The summed E-state index contributed by atoms with van der Waals surface area (Å²) in [5.74, 6) is 2.58. The van der Waals surface area contributed by atoms with Gasteiger partial charge in [-0.1, -0.05) is 6.07 Å². The minimum Gasteiger partial charge on any atom is -0.496 e. The smallest absolute Gasteiger partial charge is 0.203 e. The predicted octanol–water partition coefficient (Wildman–Crippen LogP) is 5.56. The average molecular weight is 423 g/mol. The van der Waals surface area contributed by atoms with E-state index >= 15 is 0 Å². The van der Waals surface area contributed by atoms with Gasteiger partial charge in [0.1, 0.15) is 5.75 Å². The molecule has 0 spiro atoms. The van der Waals surface area contributed by atoms with E-state index in [0.29, 0.717) is 17.2 Å². The number of allylic oxidation sites excluding steroid dienone is 2. The molecule has 1 aliphatic carbocycles. The fourth-order valence-electron chi connectivity index (χ4n) is 3.91. The van der Waals surface area contributed by atoms with Gasteiger partial charge in [-0.15, -0.1) is 0 Å². The van der Waals surface area contributed by atoms with Crippen molar-refractivity contribution >= 4 is 17.9 Å². The van der Waals surface area contributed by atoms with Crippen LogP contribution in [-0.4, -0.2) is 34.2 Å². The summed E-state index contributed by atoms with van der Waals surface area (Å²) in [5, 5.41) is 0. The molecule has 0 atom stereocenters. The molecule has 31 heavy (non-hydrogen) atoms. The van der Waals surface area contributed by atoms with Gasteiger partial charge in [-0.3, -0.25) is 4.79 Å². The van der Waals surface area contributed by atoms with Gasteiger partial charge in [-0.05, 0) is 85.7 Å². The molecule has 1 aliphatic rings. The highest BCUT2D eigenvalue weighted by atomic mass is 16.5. The van der Waals surface area contributed by atoms with E-state index in [1.165, 1.54) is 0 Å². The monoisotopic (exact) mass is 422 g/mol. The lowest BCUT2D eigenvalue weighted by Crippen LogP contribution is -2.12. The van der Waals surface area contributed by atoms with Crippen LogP contribution < -0.4 is 18.9 Å². The predicted molar refractivity (Wildman–Crippen MR) is 123 cm³/mol. The number of hydrogen-bond donors (Lipinski definition) is 0. The molecule has 1 saturated carbocycles. The van der Waals surface area contributed by atoms with Crippen LogP contribution in [0.2, 0.25) is 0 Å². The van der Waals surface area contributed by atoms with E-state index in [1.807, 2.05) is 37.3 Å². The first-order valence-electron chi connectivity index (χ1n) is 10.3. The standard InChI is InChI=1S/C26H30O5/c1-16-10-18(13-22(28-3)17(16)2)11-20-8-7-9-21(25(20)27)12-19-14-23(29-4)26(31-6)24(15-19)30-5/h10-15H,7-9H2,1-6H3/b20-11+,21-12+. The first kappa shape index (κ1) is 22.5. The Labute approximate surface area is 184 Å². The van der Waals surface area contributed by atoms with Crippen molar-refractivity contribution in [2.24, 2.45) is 0 Å². The fourth-order valence-corrected chi connectivity index (χ4v) is 3.91. The second-order valence-electron chi connectivity index (χ2n) is 7.65. The molecule has 0 heterocycles. The van der Waals surface area contributed by atoms with Crippen LogP contribution in [-0.2, 0) is 4.79 Å². The molecule has 0 amide bonds. The van der Waals surface area contributed by atoms with Crippen molar-refractivity contribution < 1.29 is 23.7 Å². The second-order valence-corrected chi connectivity index (χ2v) is 7.65. The molecule has 5 nitrogen and oxygen atoms in total. The van der Waals surface area contributed by atoms with Gasteiger partial charge in [-0.2, -0.15) is 0 Å². The van der Waals surface area contributed by atoms with Crippen molar-refractivity contribution in [3.05, 3.63) is 57.7 Å². The maximum absolute atomic E-state index is 13.2. The molecule has 0 unspecified atom stereocenters. The summed E-state index contributed by atoms with van der Waals surface area (Å²) in [6.07, 6.45) is 6.33. The Hall–Kier alpha value is -3.21. The largest absolute Gasteiger partial charge is 0.496 e. The molecule has 0 bridgehead atoms. The summed E-state index contributed by atoms with van der Waals surface area (Å²) in [7, 11) is 6.40. The van der Waals surface area contributed by atoms with Crippen molar-refractivity contribution in [2.75, 3.05) is 28.4 Å². The number of carbonyl (C=O) groups excluding carboxylic acids is 1. The SMILES string of the molecule is COc1cc(/C=C2\CCC/C(=C\c3cc(OC)c(OC)c(OC)c3)C2=O)cc(C)c1C. The lowest BCUT2D eigenvalue weighted by atomic mass is 9.86. The van der Waals surface area contributed by atoms with Gasteiger partial charge >= 0.3 is 0 Å². The number of carbonyl (C=O) groups is 1. The maximum atomic E-state index is 13.2. The third-order valence-electron chi connectivity index (χ3n) is 5.71. The van der Waals surface area contributed by atoms with Crippen LogP contribution in [0.25, 0.3) is 12.2 Å². The Kier molecular flexibility index (Phi) is 7.06. The van der Waals surface area contributed by atoms with E-state index in [0.717, 1.165) is 58.4 Å². The van der Waals surface area contributed by atoms with E-state index in [4.69, 9.17) is 18.9 Å². The number of methoxy groups -OCH3 is 4. The number of rotatable bonds is 6. The topological polar surface area (TPSA) is 54.0 Å². The van der Waals surface area contributed by atoms with Crippen LogP contribution in [0.1, 0.15) is 41.5 Å². The molecule has 3 rings (SSSR count). The van der Waals surface area contributed by atoms with Crippen molar-refractivity contribution in [1.29, 1.82) is 0 Å². The molecule has 5 heteroatoms. The van der Waals surface area contributed by atoms with Gasteiger partial charge in [0, 0.05) is 11.1 Å². The Morgan fingerprint density at radius 1 is 0.710 bits per heavy atom. The lowest BCUT2D eigenvalue weighted by molar-refractivity contribution is -0.112. The fraction of sp³-hybridized carbons (Fsp3) is 0.346. The van der Waals surface area contributed by atoms with Gasteiger partial charge in [0.2, 0.25) is 5.75 Å². The zero-order chi connectivity index (χ0) is 22.5. The highest BCUT2D eigenvalue weighted by molar-refractivity contribution is 6.14. The third kappa shape index (κ3) is 4.76. The normalized spacial score (nSPS) is 16.5. The molecule has 0 radical (unpaired) electrons. The first-order valence-corrected chi connectivity index (χ1v) is 10.3. The van der Waals surface area contributed by atoms with Crippen LogP contribution >= 0.6 is 0 Å². The Morgan fingerprint density at radius 3 is 1.68 bits per heavy atom. The Bertz CT molecular complexity index is 1020. The van der Waals surface area contributed by atoms with Gasteiger partial charge in [0.15, 0.2) is 17.3 Å². The summed E-state index contributed by atoms with van der Waals surface area (Å²) in [6.45, 7) is 4.09. The lowest BCUT2D eigenvalue weighted by Gasteiger charge is -2.18. The molecular formula is C26H30O5. The number of Topliss-reactive ketones (excluding diaryl/α,β-unsaturated/α-hetero) is 1. The second kappa shape index (κ2) is 9.73. The van der Waals surface area contributed by atoms with Crippen molar-refractivity contribution in [3.8, 4) is 23.0 Å². The molecule has 0 aliphatic heterocycles. The zero-order valence-corrected chi connectivity index (χ0v) is 19.1. The summed E-state index contributed by atoms with van der Waals surface area (Å²) >= 11 is 0. The number of hydrogen-bond acceptors (Lipinski definition) is 5. The molecule has 2 aromatic carbocycles. The van der Waals surface area contributed by atoms with E-state index in [2.05, 4.69) is 13.0 Å². The molecule has 2 aromatic rings. The summed E-state index contributed by atoms with van der Waals surface area (Å²) in [4.78, 5) is 13.2. The van der Waals surface area contributed by atoms with E-state index in [-0.39, 0.29) is 5.78 Å². The summed E-state index contributed by atoms with van der Waals surface area (Å²) in [6, 6.07) is 7.79. The van der Waals surface area contributed by atoms with Gasteiger partial charge in [0.25, 0.3) is 0 Å². The average Bonchev–Trinajstić information content (AvgIpc) is 2.77. The minimum absolute atomic E-state index is 0.0807. The number of ketones is 1. The van der Waals surface area contributed by atoms with Crippen LogP contribution in [0.5, 0.6) is 23.0 Å². The highest BCUT2D eigenvalue weighted by Crippen LogP contribution is 2.39. The Balaban J connectivity index is 1.97. The minimum atomic E-state index is 0.0807. The number of ether oxygens (including phenoxy) is 4. The van der Waals surface area contributed by atoms with E-state index in [1.54, 1.807) is 28.4 Å². The molecule has 0 aromatic heterocycles. The molecule has 164 valence electrons. The van der Waals surface area contributed by atoms with Crippen LogP contribution in [0.15, 0.2) is 35.4 Å². The number of benzene rings is 2. The molecule has 0 saturated heterocycles. The Morgan fingerprint density at radius 2 is 1.19 bits per heavy atom. The van der Waals surface area contributed by atoms with Gasteiger partial charge < -0.3 is 18.9 Å². The van der Waals surface area contributed by atoms with Gasteiger partial charge in [-0.25, -0.2) is 0 Å². The highest BCUT2D eigenvalue weighted by Gasteiger charge is 2.21. The van der Waals surface area contributed by atoms with Crippen molar-refractivity contribution in [3.63, 3.8) is 0 Å². The number of aryl methyl sites for hydroxylation is 1. The van der Waals surface area contributed by atoms with Crippen LogP contribution in [0.4, 0.5) is 0 Å². The quantitative estimate of drug-likeness (QED) is 0.571. The first-order chi connectivity index (χ1) is 14.9. The van der Waals surface area contributed by atoms with E-state index < -0.39 is 0 Å². The van der Waals surface area contributed by atoms with Crippen molar-refractivity contribution in [1.82, 2.24) is 0 Å². The van der Waals surface area contributed by atoms with Gasteiger partial charge in [0.05, 0.1) is 28.4 Å². The maximum Gasteiger partial charge on any atom is 0.203 e. The molecule has 0 N–H and O–H groups in total. The van der Waals surface area contributed by atoms with Crippen LogP contribution in [0.3, 0.4) is 0 Å². The zero-order valence-electron chi connectivity index (χ0n) is 19.1. The molecular weight excluding hydrogens is 392 g/mol.